The van der Waals surface area contributed by atoms with E-state index >= 15 is 0 Å². The number of aliphatic hydroxyl groups is 1. The van der Waals surface area contributed by atoms with Gasteiger partial charge in [0.2, 0.25) is 5.56 Å². The van der Waals surface area contributed by atoms with Crippen molar-refractivity contribution in [2.75, 3.05) is 26.2 Å². The molecule has 1 unspecified atom stereocenters. The molecule has 5 aromatic carbocycles. The second-order valence-electron chi connectivity index (χ2n) is 15.7. The molecular weight excluding hydrogens is 761 g/mol. The monoisotopic (exact) mass is 808 g/mol. The molecule has 1 amide bonds. The first-order valence-electron chi connectivity index (χ1n) is 20.3. The third-order valence-corrected chi connectivity index (χ3v) is 11.6. The summed E-state index contributed by atoms with van der Waals surface area (Å²) in [4.78, 5) is 42.3. The Bertz CT molecular complexity index is 2520. The molecule has 3 aliphatic heterocycles. The highest BCUT2D eigenvalue weighted by atomic mass is 16.6. The Morgan fingerprint density at radius 1 is 0.833 bits per heavy atom. The van der Waals surface area contributed by atoms with Gasteiger partial charge >= 0.3 is 12.1 Å². The number of aromatic hydroxyl groups is 1. The maximum Gasteiger partial charge on any atom is 0.408 e. The number of nitrogens with zero attached hydrogens (tertiary/aromatic N) is 1. The zero-order chi connectivity index (χ0) is 41.6. The first kappa shape index (κ1) is 40.3. The largest absolute Gasteiger partial charge is 0.506 e. The van der Waals surface area contributed by atoms with Crippen molar-refractivity contribution in [2.24, 2.45) is 5.92 Å². The quantitative estimate of drug-likeness (QED) is 0.0646. The molecule has 0 saturated carbocycles. The highest BCUT2D eigenvalue weighted by molar-refractivity contribution is 5.89. The Labute approximate surface area is 347 Å². The fraction of sp³-hybridized carbons (Fsp3) is 0.271. The molecule has 12 nitrogen and oxygen atoms in total. The lowest BCUT2D eigenvalue weighted by atomic mass is 9.86. The lowest BCUT2D eigenvalue weighted by Crippen LogP contribution is -2.52. The Morgan fingerprint density at radius 2 is 1.58 bits per heavy atom. The molecular formula is C48H48N4O8. The molecule has 308 valence electrons. The number of carboxylic acids is 1. The number of aromatic nitrogens is 1. The van der Waals surface area contributed by atoms with E-state index in [1.807, 2.05) is 84.9 Å². The van der Waals surface area contributed by atoms with Crippen LogP contribution in [0.4, 0.5) is 4.79 Å². The van der Waals surface area contributed by atoms with Crippen LogP contribution in [-0.2, 0) is 24.3 Å². The summed E-state index contributed by atoms with van der Waals surface area (Å²) >= 11 is 0. The SMILES string of the molecule is O=C(NC(c1ccccc1)c1cccc(OCc2ccc(C(=O)O)c(Cc3ccc(CNC[C@H](O)c4ccc(O)c5[nH]c(=O)ccc45)cc3)c2)c1)O[C@H]1CN2CCC1CC2. The van der Waals surface area contributed by atoms with E-state index < -0.39 is 24.2 Å². The number of benzene rings is 5. The summed E-state index contributed by atoms with van der Waals surface area (Å²) in [6.07, 6.45) is 1.06. The molecule has 6 aromatic rings. The number of nitrogens with one attached hydrogen (secondary N) is 3. The van der Waals surface area contributed by atoms with Crippen LogP contribution >= 0.6 is 0 Å². The zero-order valence-corrected chi connectivity index (χ0v) is 33.1. The number of phenolic OH excluding ortho intramolecular Hbond substituents is 1. The van der Waals surface area contributed by atoms with Gasteiger partial charge in [0.25, 0.3) is 0 Å². The van der Waals surface area contributed by atoms with Crippen molar-refractivity contribution in [1.82, 2.24) is 20.5 Å². The fourth-order valence-electron chi connectivity index (χ4n) is 8.39. The topological polar surface area (TPSA) is 173 Å². The van der Waals surface area contributed by atoms with Gasteiger partial charge in [0.15, 0.2) is 0 Å². The van der Waals surface area contributed by atoms with Crippen molar-refractivity contribution < 1.29 is 34.4 Å². The predicted octanol–water partition coefficient (Wildman–Crippen LogP) is 6.83. The van der Waals surface area contributed by atoms with Crippen molar-refractivity contribution in [3.63, 3.8) is 0 Å². The maximum absolute atomic E-state index is 13.3. The van der Waals surface area contributed by atoms with Crippen molar-refractivity contribution in [3.05, 3.63) is 176 Å². The van der Waals surface area contributed by atoms with Crippen LogP contribution in [0.1, 0.15) is 74.3 Å². The molecule has 3 saturated heterocycles. The van der Waals surface area contributed by atoms with Gasteiger partial charge in [-0.1, -0.05) is 84.9 Å². The second kappa shape index (κ2) is 18.2. The maximum atomic E-state index is 13.3. The lowest BCUT2D eigenvalue weighted by Gasteiger charge is -2.43. The van der Waals surface area contributed by atoms with E-state index in [0.717, 1.165) is 60.3 Å². The van der Waals surface area contributed by atoms with E-state index in [1.54, 1.807) is 24.3 Å². The third-order valence-electron chi connectivity index (χ3n) is 11.6. The lowest BCUT2D eigenvalue weighted by molar-refractivity contribution is -0.0336. The normalized spacial score (nSPS) is 18.1. The van der Waals surface area contributed by atoms with Gasteiger partial charge in [0, 0.05) is 31.1 Å². The molecule has 3 fully saturated rings. The second-order valence-corrected chi connectivity index (χ2v) is 15.7. The van der Waals surface area contributed by atoms with Gasteiger partial charge in [0.1, 0.15) is 24.2 Å². The van der Waals surface area contributed by atoms with Crippen LogP contribution in [0.5, 0.6) is 11.5 Å². The summed E-state index contributed by atoms with van der Waals surface area (Å²) in [5, 5.41) is 38.1. The number of fused-ring (bicyclic) bond motifs is 4. The Balaban J connectivity index is 0.893. The van der Waals surface area contributed by atoms with E-state index in [0.29, 0.717) is 41.1 Å². The number of ether oxygens (including phenoxy) is 2. The number of H-pyrrole nitrogens is 1. The van der Waals surface area contributed by atoms with Crippen LogP contribution in [0.25, 0.3) is 10.9 Å². The Kier molecular flexibility index (Phi) is 12.2. The zero-order valence-electron chi connectivity index (χ0n) is 33.1. The number of amides is 1. The first-order valence-corrected chi connectivity index (χ1v) is 20.3. The van der Waals surface area contributed by atoms with Crippen LogP contribution in [0, 0.1) is 5.92 Å². The standard InChI is InChI=1S/C48H48N4O8/c53-41-17-15-39(40-16-18-44(55)50-46(40)41)42(54)27-49-26-31-11-9-30(10-12-31)23-36-24-32(13-14-38(36)47(56)57)29-59-37-8-4-7-35(25-37)45(34-5-2-1-3-6-34)51-48(58)60-43-28-52-21-19-33(43)20-22-52/h1-18,24-25,33,42-43,45,49,53-54H,19-23,26-29H2,(H,50,55)(H,51,58)(H,56,57)/t42-,43-,45?/m0/s1. The number of rotatable bonds is 15. The molecule has 6 N–H and O–H groups in total. The van der Waals surface area contributed by atoms with Crippen molar-refractivity contribution >= 4 is 23.0 Å². The molecule has 60 heavy (non-hydrogen) atoms. The van der Waals surface area contributed by atoms with Gasteiger partial charge in [-0.25, -0.2) is 9.59 Å². The number of carbonyl (C=O) groups is 2. The molecule has 0 spiro atoms. The van der Waals surface area contributed by atoms with E-state index in [2.05, 4.69) is 20.5 Å². The van der Waals surface area contributed by atoms with Crippen LogP contribution in [0.15, 0.2) is 126 Å². The molecule has 9 rings (SSSR count). The van der Waals surface area contributed by atoms with Crippen molar-refractivity contribution in [1.29, 1.82) is 0 Å². The summed E-state index contributed by atoms with van der Waals surface area (Å²) in [7, 11) is 0. The highest BCUT2D eigenvalue weighted by Crippen LogP contribution is 2.32. The molecule has 0 aliphatic carbocycles. The molecule has 1 aromatic heterocycles. The number of alkyl carbamates (subject to hydrolysis) is 1. The average molecular weight is 809 g/mol. The number of aliphatic hydroxyl groups excluding tert-OH is 1. The van der Waals surface area contributed by atoms with Crippen LogP contribution in [0.2, 0.25) is 0 Å². The summed E-state index contributed by atoms with van der Waals surface area (Å²) in [5.41, 5.74) is 5.87. The number of hydrogen-bond donors (Lipinski definition) is 6. The molecule has 3 aliphatic rings. The van der Waals surface area contributed by atoms with Crippen LogP contribution < -0.4 is 20.9 Å². The fourth-order valence-corrected chi connectivity index (χ4v) is 8.39. The van der Waals surface area contributed by atoms with Gasteiger partial charge in [0.05, 0.1) is 23.2 Å². The van der Waals surface area contributed by atoms with E-state index in [4.69, 9.17) is 9.47 Å². The summed E-state index contributed by atoms with van der Waals surface area (Å²) in [5.74, 6) is -0.0691. The molecule has 12 heteroatoms. The molecule has 0 radical (unpaired) electrons. The first-order chi connectivity index (χ1) is 29.2. The minimum atomic E-state index is -1.01. The van der Waals surface area contributed by atoms with Crippen LogP contribution in [0.3, 0.4) is 0 Å². The van der Waals surface area contributed by atoms with Gasteiger partial charge < -0.3 is 40.4 Å². The van der Waals surface area contributed by atoms with E-state index in [1.165, 1.54) is 12.1 Å². The van der Waals surface area contributed by atoms with Crippen molar-refractivity contribution in [2.45, 2.75) is 50.7 Å². The summed E-state index contributed by atoms with van der Waals surface area (Å²) in [6.45, 7) is 3.82. The number of piperidine rings is 3. The minimum absolute atomic E-state index is 0.0642. The number of aromatic amines is 1. The number of aromatic carboxylic acids is 1. The van der Waals surface area contributed by atoms with Gasteiger partial charge in [-0.05, 0) is 108 Å². The summed E-state index contributed by atoms with van der Waals surface area (Å²) < 4.78 is 12.3. The van der Waals surface area contributed by atoms with E-state index in [-0.39, 0.29) is 41.6 Å². The number of carbonyl (C=O) groups excluding carboxylic acids is 1. The molecule has 2 bridgehead atoms. The smallest absolute Gasteiger partial charge is 0.408 e. The minimum Gasteiger partial charge on any atom is -0.506 e. The Hall–Kier alpha value is -6.47. The number of phenols is 1. The van der Waals surface area contributed by atoms with Gasteiger partial charge in [-0.2, -0.15) is 0 Å². The van der Waals surface area contributed by atoms with Crippen LogP contribution in [-0.4, -0.2) is 69.5 Å². The molecule has 3 atom stereocenters. The third kappa shape index (κ3) is 9.52. The number of hydrogen-bond acceptors (Lipinski definition) is 9. The highest BCUT2D eigenvalue weighted by Gasteiger charge is 2.37. The van der Waals surface area contributed by atoms with E-state index in [9.17, 15) is 29.7 Å². The Morgan fingerprint density at radius 3 is 2.33 bits per heavy atom. The molecule has 4 heterocycles. The number of carboxylic acid groups (broad SMARTS) is 1. The van der Waals surface area contributed by atoms with Gasteiger partial charge in [-0.15, -0.1) is 0 Å². The average Bonchev–Trinajstić information content (AvgIpc) is 3.26. The van der Waals surface area contributed by atoms with Gasteiger partial charge in [-0.3, -0.25) is 9.69 Å². The van der Waals surface area contributed by atoms with Crippen molar-refractivity contribution in [3.8, 4) is 11.5 Å². The number of pyridine rings is 1. The predicted molar refractivity (Wildman–Crippen MR) is 227 cm³/mol. The summed E-state index contributed by atoms with van der Waals surface area (Å²) in [6, 6.07) is 36.1.